The van der Waals surface area contributed by atoms with Crippen molar-refractivity contribution < 1.29 is 42.9 Å². The highest BCUT2D eigenvalue weighted by Gasteiger charge is 2.25. The summed E-state index contributed by atoms with van der Waals surface area (Å²) in [7, 11) is 5.98. The van der Waals surface area contributed by atoms with E-state index in [2.05, 4.69) is 160 Å². The molecule has 0 heterocycles. The van der Waals surface area contributed by atoms with Crippen LogP contribution in [0.25, 0.3) is 0 Å². The quantitative estimate of drug-likeness (QED) is 0.0211. The summed E-state index contributed by atoms with van der Waals surface area (Å²) in [5.41, 5.74) is 0. The fraction of sp³-hybridized carbons (Fsp3) is 0.700. The Balaban J connectivity index is 4.06. The number of nitrogens with zero attached hydrogens (tertiary/aromatic N) is 1. The molecule has 99 heavy (non-hydrogen) atoms. The summed E-state index contributed by atoms with van der Waals surface area (Å²) in [5, 5.41) is 9.78. The maximum absolute atomic E-state index is 13.0. The second-order valence-corrected chi connectivity index (χ2v) is 28.3. The fourth-order valence-corrected chi connectivity index (χ4v) is 11.4. The summed E-state index contributed by atoms with van der Waals surface area (Å²) in [6, 6.07) is 0. The minimum Gasteiger partial charge on any atom is -0.477 e. The Morgan fingerprint density at radius 2 is 0.576 bits per heavy atom. The van der Waals surface area contributed by atoms with E-state index in [1.54, 1.807) is 0 Å². The number of likely N-dealkylation sites (N-methyl/N-ethyl adjacent to an activating group) is 1. The number of ether oxygens (including phenoxy) is 4. The Labute approximate surface area is 611 Å². The number of carbonyl (C=O) groups excluding carboxylic acids is 2. The van der Waals surface area contributed by atoms with Crippen LogP contribution in [0.1, 0.15) is 348 Å². The lowest BCUT2D eigenvalue weighted by Gasteiger charge is -2.25. The maximum Gasteiger partial charge on any atom is 0.361 e. The average Bonchev–Trinajstić information content (AvgIpc) is 2.19. The number of allylic oxidation sites excluding steroid dienone is 24. The number of carboxylic acids is 1. The number of hydrogen-bond donors (Lipinski definition) is 1. The van der Waals surface area contributed by atoms with Gasteiger partial charge in [-0.15, -0.1) is 0 Å². The lowest BCUT2D eigenvalue weighted by molar-refractivity contribution is -0.870. The van der Waals surface area contributed by atoms with Gasteiger partial charge in [0.05, 0.1) is 34.4 Å². The predicted octanol–water partition coefficient (Wildman–Crippen LogP) is 26.6. The molecule has 0 aliphatic carbocycles. The molecule has 566 valence electrons. The summed E-state index contributed by atoms with van der Waals surface area (Å²) in [6.45, 7) is 4.77. The van der Waals surface area contributed by atoms with Crippen LogP contribution in [-0.2, 0) is 33.3 Å². The minimum absolute atomic E-state index is 0.181. The third kappa shape index (κ3) is 80.4. The van der Waals surface area contributed by atoms with Crippen LogP contribution in [0.3, 0.4) is 0 Å². The van der Waals surface area contributed by atoms with Gasteiger partial charge in [-0.2, -0.15) is 0 Å². The van der Waals surface area contributed by atoms with Crippen molar-refractivity contribution in [2.45, 2.75) is 360 Å². The molecule has 0 fully saturated rings. The topological polar surface area (TPSA) is 108 Å². The first-order valence-corrected chi connectivity index (χ1v) is 41.0. The predicted molar refractivity (Wildman–Crippen MR) is 428 cm³/mol. The third-order valence-corrected chi connectivity index (χ3v) is 17.6. The van der Waals surface area contributed by atoms with Crippen LogP contribution in [0, 0.1) is 0 Å². The number of unbranched alkanes of at least 4 members (excludes halogenated alkanes) is 36. The molecule has 0 bridgehead atoms. The van der Waals surface area contributed by atoms with E-state index in [0.29, 0.717) is 23.9 Å². The van der Waals surface area contributed by atoms with Crippen molar-refractivity contribution in [3.63, 3.8) is 0 Å². The number of quaternary nitrogens is 1. The van der Waals surface area contributed by atoms with Crippen molar-refractivity contribution in [2.24, 2.45) is 0 Å². The normalized spacial score (nSPS) is 13.4. The monoisotopic (exact) mass is 1380 g/mol. The molecule has 0 saturated heterocycles. The van der Waals surface area contributed by atoms with Gasteiger partial charge in [0.15, 0.2) is 6.10 Å². The van der Waals surface area contributed by atoms with Crippen LogP contribution < -0.4 is 0 Å². The van der Waals surface area contributed by atoms with Crippen molar-refractivity contribution in [1.29, 1.82) is 0 Å². The standard InChI is InChI=1S/C90H153NO8/c1-6-8-10-12-14-16-18-20-22-24-26-28-30-32-34-36-38-40-42-44-46-48-50-52-54-56-58-60-62-64-66-68-70-72-74-76-78-80-87(92)97-84-86(85-98-90(89(94)95)96-83-82-91(3,4)5)99-88(93)81-79-77-75-73-71-69-67-65-63-61-59-57-55-53-51-49-47-45-43-41-39-37-35-33-31-29-27-25-23-21-19-17-15-13-11-9-7-2/h9,11,15,17-18,20-21,23-24,26-27,29-30,32-33,35,39,41,45,47,51,53,57,59,86,90H,6-8,10,12-14,16,19,22,25,28,31,34,36-38,40,42-44,46,48-50,52,54-56,58,60-85H2,1-5H3/p+1/b11-9-,17-15-,20-18-,23-21-,26-24-,29-27-,32-30-,35-33-,41-39-,47-45-,53-51-,59-57-. The van der Waals surface area contributed by atoms with Gasteiger partial charge in [-0.05, 0) is 122 Å². The van der Waals surface area contributed by atoms with E-state index in [-0.39, 0.29) is 32.2 Å². The van der Waals surface area contributed by atoms with Gasteiger partial charge in [0.2, 0.25) is 0 Å². The largest absolute Gasteiger partial charge is 0.477 e. The fourth-order valence-electron chi connectivity index (χ4n) is 11.4. The molecular weight excluding hydrogens is 1220 g/mol. The molecule has 9 nitrogen and oxygen atoms in total. The molecular formula is C90H154NO8+. The lowest BCUT2D eigenvalue weighted by atomic mass is 10.0. The first kappa shape index (κ1) is 94.2. The van der Waals surface area contributed by atoms with E-state index in [9.17, 15) is 19.5 Å². The van der Waals surface area contributed by atoms with Gasteiger partial charge in [-0.3, -0.25) is 9.59 Å². The molecule has 0 amide bonds. The second kappa shape index (κ2) is 78.9. The van der Waals surface area contributed by atoms with E-state index < -0.39 is 24.3 Å². The minimum atomic E-state index is -1.52. The second-order valence-electron chi connectivity index (χ2n) is 28.3. The Morgan fingerprint density at radius 1 is 0.313 bits per heavy atom. The number of hydrogen-bond acceptors (Lipinski definition) is 7. The summed E-state index contributed by atoms with van der Waals surface area (Å²) in [6.07, 6.45) is 113. The summed E-state index contributed by atoms with van der Waals surface area (Å²) < 4.78 is 23.0. The van der Waals surface area contributed by atoms with Crippen LogP contribution in [-0.4, -0.2) is 87.4 Å². The highest BCUT2D eigenvalue weighted by Crippen LogP contribution is 2.18. The lowest BCUT2D eigenvalue weighted by Crippen LogP contribution is -2.40. The molecule has 0 aliphatic rings. The van der Waals surface area contributed by atoms with Crippen molar-refractivity contribution in [3.05, 3.63) is 146 Å². The molecule has 0 aliphatic heterocycles. The number of aliphatic carboxylic acids is 1. The maximum atomic E-state index is 13.0. The molecule has 2 unspecified atom stereocenters. The number of esters is 2. The number of carboxylic acid groups (broad SMARTS) is 1. The van der Waals surface area contributed by atoms with Crippen molar-refractivity contribution >= 4 is 17.9 Å². The van der Waals surface area contributed by atoms with Gasteiger partial charge in [0.1, 0.15) is 13.2 Å². The number of rotatable bonds is 75. The Morgan fingerprint density at radius 3 is 0.859 bits per heavy atom. The van der Waals surface area contributed by atoms with Gasteiger partial charge >= 0.3 is 17.9 Å². The van der Waals surface area contributed by atoms with E-state index in [1.165, 1.54) is 199 Å². The molecule has 2 atom stereocenters. The van der Waals surface area contributed by atoms with Gasteiger partial charge in [0.25, 0.3) is 6.29 Å². The van der Waals surface area contributed by atoms with Crippen LogP contribution in [0.15, 0.2) is 146 Å². The summed E-state index contributed by atoms with van der Waals surface area (Å²) >= 11 is 0. The first-order chi connectivity index (χ1) is 48.6. The van der Waals surface area contributed by atoms with E-state index in [1.807, 2.05) is 21.1 Å². The molecule has 0 spiro atoms. The van der Waals surface area contributed by atoms with Crippen LogP contribution in [0.5, 0.6) is 0 Å². The zero-order chi connectivity index (χ0) is 71.8. The smallest absolute Gasteiger partial charge is 0.361 e. The molecule has 0 saturated carbocycles. The van der Waals surface area contributed by atoms with E-state index >= 15 is 0 Å². The first-order valence-electron chi connectivity index (χ1n) is 41.0. The van der Waals surface area contributed by atoms with Crippen molar-refractivity contribution in [3.8, 4) is 0 Å². The van der Waals surface area contributed by atoms with Crippen LogP contribution in [0.2, 0.25) is 0 Å². The SMILES string of the molecule is CC/C=C\C/C=C\C/C=C\C/C=C\C/C=C\C/C=C\C/C=C\C/C=C\C/C=C\CCCCCCCCCCCC(=O)OC(COC(=O)CCCCCCCCCCCCCCCCCCCCCCCC/C=C\C/C=C\C/C=C\CCCCCCC)COC(OCC[N+](C)(C)C)C(=O)O. The van der Waals surface area contributed by atoms with Gasteiger partial charge < -0.3 is 28.5 Å². The van der Waals surface area contributed by atoms with E-state index in [0.717, 1.165) is 116 Å². The molecule has 0 aromatic carbocycles. The zero-order valence-electron chi connectivity index (χ0n) is 64.9. The Bertz CT molecular complexity index is 2150. The molecule has 0 aromatic heterocycles. The molecule has 1 N–H and O–H groups in total. The van der Waals surface area contributed by atoms with Crippen molar-refractivity contribution in [2.75, 3.05) is 47.5 Å². The van der Waals surface area contributed by atoms with Gasteiger partial charge in [-0.25, -0.2) is 4.79 Å². The van der Waals surface area contributed by atoms with Gasteiger partial charge in [-0.1, -0.05) is 359 Å². The third-order valence-electron chi connectivity index (χ3n) is 17.6. The zero-order valence-corrected chi connectivity index (χ0v) is 64.9. The van der Waals surface area contributed by atoms with Gasteiger partial charge in [0, 0.05) is 12.8 Å². The molecule has 0 aromatic rings. The Kier molecular flexibility index (Phi) is 75.0. The molecule has 0 rings (SSSR count). The summed E-state index contributed by atoms with van der Waals surface area (Å²) in [4.78, 5) is 37.8. The Hall–Kier alpha value is -4.83. The molecule has 0 radical (unpaired) electrons. The van der Waals surface area contributed by atoms with Crippen LogP contribution >= 0.6 is 0 Å². The number of carbonyl (C=O) groups is 3. The summed E-state index contributed by atoms with van der Waals surface area (Å²) in [5.74, 6) is -2.01. The highest BCUT2D eigenvalue weighted by atomic mass is 16.7. The van der Waals surface area contributed by atoms with Crippen molar-refractivity contribution in [1.82, 2.24) is 0 Å². The molecule has 9 heteroatoms. The highest BCUT2D eigenvalue weighted by molar-refractivity contribution is 5.71. The average molecular weight is 1380 g/mol. The van der Waals surface area contributed by atoms with Crippen LogP contribution in [0.4, 0.5) is 0 Å². The van der Waals surface area contributed by atoms with E-state index in [4.69, 9.17) is 18.9 Å².